The molecule has 0 spiro atoms. The Morgan fingerprint density at radius 2 is 2.06 bits per heavy atom. The molecule has 0 aliphatic rings. The summed E-state index contributed by atoms with van der Waals surface area (Å²) in [4.78, 5) is 13.7. The summed E-state index contributed by atoms with van der Waals surface area (Å²) in [6.07, 6.45) is 0. The topological polar surface area (TPSA) is 44.4 Å². The van der Waals surface area contributed by atoms with Gasteiger partial charge in [0.25, 0.3) is 0 Å². The highest BCUT2D eigenvalue weighted by Gasteiger charge is 2.07. The van der Waals surface area contributed by atoms with Gasteiger partial charge in [0.1, 0.15) is 0 Å². The second-order valence-corrected chi connectivity index (χ2v) is 4.83. The van der Waals surface area contributed by atoms with E-state index in [-0.39, 0.29) is 5.91 Å². The lowest BCUT2D eigenvalue weighted by molar-refractivity contribution is -0.117. The molecule has 0 fully saturated rings. The fraction of sp³-hybridized carbons (Fsp3) is 0.417. The van der Waals surface area contributed by atoms with Gasteiger partial charge < -0.3 is 10.6 Å². The molecule has 6 heteroatoms. The van der Waals surface area contributed by atoms with Gasteiger partial charge in [-0.15, -0.1) is 0 Å². The van der Waals surface area contributed by atoms with Crippen LogP contribution in [0.25, 0.3) is 0 Å². The summed E-state index contributed by atoms with van der Waals surface area (Å²) in [6.45, 7) is 1.99. The maximum atomic E-state index is 11.7. The van der Waals surface area contributed by atoms with Gasteiger partial charge in [0.15, 0.2) is 0 Å². The first-order valence-corrected chi connectivity index (χ1v) is 6.36. The molecule has 0 saturated heterocycles. The molecule has 0 aromatic heterocycles. The Morgan fingerprint density at radius 1 is 1.33 bits per heavy atom. The molecule has 1 aromatic rings. The van der Waals surface area contributed by atoms with Crippen LogP contribution < -0.4 is 10.6 Å². The molecule has 0 atom stereocenters. The van der Waals surface area contributed by atoms with Gasteiger partial charge in [-0.2, -0.15) is 0 Å². The first-order chi connectivity index (χ1) is 8.52. The Bertz CT molecular complexity index is 412. The molecular formula is C12H17Cl2N3O. The van der Waals surface area contributed by atoms with Gasteiger partial charge in [0.05, 0.1) is 16.6 Å². The third kappa shape index (κ3) is 5.23. The predicted molar refractivity (Wildman–Crippen MR) is 76.5 cm³/mol. The zero-order valence-electron chi connectivity index (χ0n) is 10.5. The lowest BCUT2D eigenvalue weighted by Gasteiger charge is -2.15. The van der Waals surface area contributed by atoms with Crippen molar-refractivity contribution in [3.8, 4) is 0 Å². The molecular weight excluding hydrogens is 273 g/mol. The number of benzene rings is 1. The number of hydrogen-bond donors (Lipinski definition) is 2. The van der Waals surface area contributed by atoms with Crippen molar-refractivity contribution in [3.63, 3.8) is 0 Å². The number of nitrogens with zero attached hydrogens (tertiary/aromatic N) is 1. The molecule has 100 valence electrons. The van der Waals surface area contributed by atoms with Gasteiger partial charge in [-0.1, -0.05) is 23.2 Å². The van der Waals surface area contributed by atoms with Crippen molar-refractivity contribution in [2.75, 3.05) is 39.0 Å². The number of carbonyl (C=O) groups excluding carboxylic acids is 1. The molecule has 18 heavy (non-hydrogen) atoms. The molecule has 0 aliphatic carbocycles. The number of rotatable bonds is 6. The molecule has 4 nitrogen and oxygen atoms in total. The monoisotopic (exact) mass is 289 g/mol. The molecule has 0 unspecified atom stereocenters. The zero-order valence-corrected chi connectivity index (χ0v) is 12.0. The highest BCUT2D eigenvalue weighted by Crippen LogP contribution is 2.24. The van der Waals surface area contributed by atoms with Crippen molar-refractivity contribution >= 4 is 34.8 Å². The van der Waals surface area contributed by atoms with Crippen molar-refractivity contribution in [2.24, 2.45) is 0 Å². The van der Waals surface area contributed by atoms with E-state index in [0.717, 1.165) is 13.1 Å². The molecule has 2 N–H and O–H groups in total. The van der Waals surface area contributed by atoms with E-state index in [9.17, 15) is 4.79 Å². The second kappa shape index (κ2) is 7.59. The molecule has 0 heterocycles. The zero-order chi connectivity index (χ0) is 13.5. The van der Waals surface area contributed by atoms with Crippen LogP contribution in [0.3, 0.4) is 0 Å². The standard InChI is InChI=1S/C12H17Cl2N3O/c1-15-5-6-17(2)8-12(18)16-9-3-4-10(13)11(14)7-9/h3-4,7,15H,5-6,8H2,1-2H3,(H,16,18). The van der Waals surface area contributed by atoms with E-state index in [1.807, 2.05) is 19.0 Å². The first-order valence-electron chi connectivity index (χ1n) is 5.61. The van der Waals surface area contributed by atoms with Crippen molar-refractivity contribution in [1.29, 1.82) is 0 Å². The Kier molecular flexibility index (Phi) is 6.43. The third-order valence-corrected chi connectivity index (χ3v) is 3.10. The highest BCUT2D eigenvalue weighted by atomic mass is 35.5. The van der Waals surface area contributed by atoms with E-state index in [2.05, 4.69) is 10.6 Å². The maximum absolute atomic E-state index is 11.7. The molecule has 0 saturated carbocycles. The maximum Gasteiger partial charge on any atom is 0.238 e. The SMILES string of the molecule is CNCCN(C)CC(=O)Nc1ccc(Cl)c(Cl)c1. The summed E-state index contributed by atoms with van der Waals surface area (Å²) in [5.41, 5.74) is 0.649. The van der Waals surface area contributed by atoms with Crippen LogP contribution in [-0.4, -0.2) is 44.5 Å². The summed E-state index contributed by atoms with van der Waals surface area (Å²) >= 11 is 11.7. The van der Waals surface area contributed by atoms with Gasteiger partial charge in [0, 0.05) is 18.8 Å². The largest absolute Gasteiger partial charge is 0.325 e. The van der Waals surface area contributed by atoms with E-state index < -0.39 is 0 Å². The Hall–Kier alpha value is -0.810. The second-order valence-electron chi connectivity index (χ2n) is 4.02. The molecule has 0 bridgehead atoms. The van der Waals surface area contributed by atoms with Crippen LogP contribution >= 0.6 is 23.2 Å². The minimum Gasteiger partial charge on any atom is -0.325 e. The van der Waals surface area contributed by atoms with E-state index in [1.54, 1.807) is 18.2 Å². The number of amides is 1. The predicted octanol–water partition coefficient (Wildman–Crippen LogP) is 2.08. The number of carbonyl (C=O) groups is 1. The van der Waals surface area contributed by atoms with E-state index in [1.165, 1.54) is 0 Å². The number of halogens is 2. The lowest BCUT2D eigenvalue weighted by atomic mass is 10.3. The molecule has 1 amide bonds. The van der Waals surface area contributed by atoms with Gasteiger partial charge in [0.2, 0.25) is 5.91 Å². The number of anilines is 1. The Morgan fingerprint density at radius 3 is 2.67 bits per heavy atom. The Labute approximate surface area is 117 Å². The van der Waals surface area contributed by atoms with Gasteiger partial charge in [-0.25, -0.2) is 0 Å². The number of nitrogens with one attached hydrogen (secondary N) is 2. The van der Waals surface area contributed by atoms with Gasteiger partial charge in [-0.3, -0.25) is 9.69 Å². The fourth-order valence-corrected chi connectivity index (χ4v) is 1.70. The van der Waals surface area contributed by atoms with Gasteiger partial charge in [-0.05, 0) is 32.3 Å². The van der Waals surface area contributed by atoms with Crippen LogP contribution in [0.4, 0.5) is 5.69 Å². The fourth-order valence-electron chi connectivity index (χ4n) is 1.40. The van der Waals surface area contributed by atoms with Crippen LogP contribution in [0.2, 0.25) is 10.0 Å². The van der Waals surface area contributed by atoms with Crippen LogP contribution in [0, 0.1) is 0 Å². The molecule has 1 rings (SSSR count). The van der Waals surface area contributed by atoms with E-state index in [4.69, 9.17) is 23.2 Å². The summed E-state index contributed by atoms with van der Waals surface area (Å²) in [5, 5.41) is 6.70. The summed E-state index contributed by atoms with van der Waals surface area (Å²) in [6, 6.07) is 5.01. The van der Waals surface area contributed by atoms with E-state index >= 15 is 0 Å². The van der Waals surface area contributed by atoms with Crippen molar-refractivity contribution in [2.45, 2.75) is 0 Å². The van der Waals surface area contributed by atoms with Crippen LogP contribution in [0.1, 0.15) is 0 Å². The van der Waals surface area contributed by atoms with Crippen molar-refractivity contribution < 1.29 is 4.79 Å². The highest BCUT2D eigenvalue weighted by molar-refractivity contribution is 6.42. The normalized spacial score (nSPS) is 10.7. The van der Waals surface area contributed by atoms with Crippen LogP contribution in [-0.2, 0) is 4.79 Å². The average molecular weight is 290 g/mol. The molecule has 0 aliphatic heterocycles. The molecule has 0 radical (unpaired) electrons. The Balaban J connectivity index is 2.46. The summed E-state index contributed by atoms with van der Waals surface area (Å²) < 4.78 is 0. The quantitative estimate of drug-likeness (QED) is 0.843. The number of likely N-dealkylation sites (N-methyl/N-ethyl adjacent to an activating group) is 2. The minimum atomic E-state index is -0.0769. The summed E-state index contributed by atoms with van der Waals surface area (Å²) in [5.74, 6) is -0.0769. The molecule has 1 aromatic carbocycles. The van der Waals surface area contributed by atoms with Crippen LogP contribution in [0.15, 0.2) is 18.2 Å². The van der Waals surface area contributed by atoms with E-state index in [0.29, 0.717) is 22.3 Å². The van der Waals surface area contributed by atoms with Crippen molar-refractivity contribution in [3.05, 3.63) is 28.2 Å². The van der Waals surface area contributed by atoms with Crippen molar-refractivity contribution in [1.82, 2.24) is 10.2 Å². The van der Waals surface area contributed by atoms with Gasteiger partial charge >= 0.3 is 0 Å². The third-order valence-electron chi connectivity index (χ3n) is 2.36. The first kappa shape index (κ1) is 15.2. The minimum absolute atomic E-state index is 0.0769. The lowest BCUT2D eigenvalue weighted by Crippen LogP contribution is -2.34. The smallest absolute Gasteiger partial charge is 0.238 e. The summed E-state index contributed by atoms with van der Waals surface area (Å²) in [7, 11) is 3.77. The average Bonchev–Trinajstić information content (AvgIpc) is 2.31. The number of hydrogen-bond acceptors (Lipinski definition) is 3. The van der Waals surface area contributed by atoms with Crippen LogP contribution in [0.5, 0.6) is 0 Å².